The van der Waals surface area contributed by atoms with Crippen LogP contribution in [0.4, 0.5) is 5.13 Å². The standard InChI is InChI=1S/C23H24BrClN2O3S/c1-4-5-10-29-17-8-6-16(7-9-17)18-13-31-23(26-18)27-20(28)12-30-19-11-14(2)22(25)15(3)21(19)24/h6-9,11,13H,4-5,10,12H2,1-3H3,(H,26,27,28). The van der Waals surface area contributed by atoms with Gasteiger partial charge in [-0.1, -0.05) is 24.9 Å². The molecule has 3 rings (SSSR count). The summed E-state index contributed by atoms with van der Waals surface area (Å²) in [5, 5.41) is 5.90. The average molecular weight is 524 g/mol. The Bertz CT molecular complexity index is 1050. The summed E-state index contributed by atoms with van der Waals surface area (Å²) >= 11 is 11.1. The highest BCUT2D eigenvalue weighted by Gasteiger charge is 2.14. The Kier molecular flexibility index (Phi) is 8.35. The molecule has 0 unspecified atom stereocenters. The monoisotopic (exact) mass is 522 g/mol. The molecule has 164 valence electrons. The fourth-order valence-electron chi connectivity index (χ4n) is 2.82. The Hall–Kier alpha value is -2.09. The maximum absolute atomic E-state index is 12.3. The SMILES string of the molecule is CCCCOc1ccc(-c2csc(NC(=O)COc3cc(C)c(Cl)c(C)c3Br)n2)cc1. The van der Waals surface area contributed by atoms with Gasteiger partial charge in [0.25, 0.3) is 5.91 Å². The number of rotatable bonds is 9. The first kappa shape index (κ1) is 23.6. The first-order chi connectivity index (χ1) is 14.9. The summed E-state index contributed by atoms with van der Waals surface area (Å²) in [7, 11) is 0. The van der Waals surface area contributed by atoms with Crippen molar-refractivity contribution in [3.05, 3.63) is 56.3 Å². The van der Waals surface area contributed by atoms with E-state index in [-0.39, 0.29) is 12.5 Å². The van der Waals surface area contributed by atoms with Crippen molar-refractivity contribution in [2.75, 3.05) is 18.5 Å². The number of nitrogens with zero attached hydrogens (tertiary/aromatic N) is 1. The molecule has 0 aliphatic rings. The Morgan fingerprint density at radius 2 is 1.97 bits per heavy atom. The van der Waals surface area contributed by atoms with Crippen molar-refractivity contribution >= 4 is 49.9 Å². The summed E-state index contributed by atoms with van der Waals surface area (Å²) in [4.78, 5) is 16.8. The summed E-state index contributed by atoms with van der Waals surface area (Å²) in [6.07, 6.45) is 2.14. The van der Waals surface area contributed by atoms with Gasteiger partial charge in [0.15, 0.2) is 11.7 Å². The summed E-state index contributed by atoms with van der Waals surface area (Å²) in [6.45, 7) is 6.52. The van der Waals surface area contributed by atoms with Gasteiger partial charge in [0.2, 0.25) is 0 Å². The molecule has 0 aliphatic carbocycles. The van der Waals surface area contributed by atoms with Crippen molar-refractivity contribution < 1.29 is 14.3 Å². The molecule has 0 fully saturated rings. The highest BCUT2D eigenvalue weighted by molar-refractivity contribution is 9.10. The van der Waals surface area contributed by atoms with Gasteiger partial charge in [0.05, 0.1) is 16.8 Å². The molecule has 1 N–H and O–H groups in total. The molecule has 1 heterocycles. The van der Waals surface area contributed by atoms with Gasteiger partial charge < -0.3 is 9.47 Å². The molecule has 0 spiro atoms. The van der Waals surface area contributed by atoms with Crippen LogP contribution in [0, 0.1) is 13.8 Å². The van der Waals surface area contributed by atoms with Crippen LogP contribution < -0.4 is 14.8 Å². The lowest BCUT2D eigenvalue weighted by Crippen LogP contribution is -2.20. The van der Waals surface area contributed by atoms with E-state index in [1.165, 1.54) is 11.3 Å². The van der Waals surface area contributed by atoms with E-state index in [1.54, 1.807) is 0 Å². The van der Waals surface area contributed by atoms with E-state index < -0.39 is 0 Å². The molecule has 1 amide bonds. The van der Waals surface area contributed by atoms with Crippen LogP contribution in [-0.4, -0.2) is 24.1 Å². The summed E-state index contributed by atoms with van der Waals surface area (Å²) in [6, 6.07) is 9.61. The third kappa shape index (κ3) is 6.21. The fraction of sp³-hybridized carbons (Fsp3) is 0.304. The minimum Gasteiger partial charge on any atom is -0.494 e. The van der Waals surface area contributed by atoms with Gasteiger partial charge in [-0.3, -0.25) is 10.1 Å². The van der Waals surface area contributed by atoms with Crippen LogP contribution in [0.15, 0.2) is 40.2 Å². The number of aryl methyl sites for hydroxylation is 1. The number of carbonyl (C=O) groups is 1. The van der Waals surface area contributed by atoms with E-state index in [4.69, 9.17) is 21.1 Å². The molecule has 8 heteroatoms. The van der Waals surface area contributed by atoms with E-state index in [0.717, 1.165) is 52.1 Å². The predicted octanol–water partition coefficient (Wildman–Crippen LogP) is 7.04. The number of anilines is 1. The fourth-order valence-corrected chi connectivity index (χ4v) is 4.25. The largest absolute Gasteiger partial charge is 0.494 e. The van der Waals surface area contributed by atoms with Crippen LogP contribution in [0.25, 0.3) is 11.3 Å². The first-order valence-corrected chi connectivity index (χ1v) is 12.0. The van der Waals surface area contributed by atoms with Gasteiger partial charge >= 0.3 is 0 Å². The number of nitrogens with one attached hydrogen (secondary N) is 1. The summed E-state index contributed by atoms with van der Waals surface area (Å²) in [5.74, 6) is 1.14. The Morgan fingerprint density at radius 1 is 1.23 bits per heavy atom. The Morgan fingerprint density at radius 3 is 2.68 bits per heavy atom. The van der Waals surface area contributed by atoms with Gasteiger partial charge in [0, 0.05) is 16.0 Å². The summed E-state index contributed by atoms with van der Waals surface area (Å²) < 4.78 is 12.1. The topological polar surface area (TPSA) is 60.5 Å². The lowest BCUT2D eigenvalue weighted by molar-refractivity contribution is -0.118. The number of ether oxygens (including phenoxy) is 2. The molecule has 0 saturated heterocycles. The first-order valence-electron chi connectivity index (χ1n) is 9.95. The minimum absolute atomic E-state index is 0.127. The van der Waals surface area contributed by atoms with Gasteiger partial charge in [0.1, 0.15) is 11.5 Å². The van der Waals surface area contributed by atoms with Crippen molar-refractivity contribution in [2.24, 2.45) is 0 Å². The van der Waals surface area contributed by atoms with Crippen molar-refractivity contribution in [2.45, 2.75) is 33.6 Å². The van der Waals surface area contributed by atoms with Crippen molar-refractivity contribution in [3.8, 4) is 22.8 Å². The Balaban J connectivity index is 1.57. The smallest absolute Gasteiger partial charge is 0.264 e. The molecule has 0 saturated carbocycles. The van der Waals surface area contributed by atoms with Crippen LogP contribution in [0.1, 0.15) is 30.9 Å². The molecule has 31 heavy (non-hydrogen) atoms. The van der Waals surface area contributed by atoms with Crippen LogP contribution in [0.5, 0.6) is 11.5 Å². The minimum atomic E-state index is -0.280. The summed E-state index contributed by atoms with van der Waals surface area (Å²) in [5.41, 5.74) is 3.53. The third-order valence-electron chi connectivity index (χ3n) is 4.59. The van der Waals surface area contributed by atoms with E-state index >= 15 is 0 Å². The van der Waals surface area contributed by atoms with E-state index in [0.29, 0.717) is 15.9 Å². The zero-order valence-corrected chi connectivity index (χ0v) is 20.8. The molecule has 0 aliphatic heterocycles. The van der Waals surface area contributed by atoms with Gasteiger partial charge in [-0.15, -0.1) is 11.3 Å². The van der Waals surface area contributed by atoms with E-state index in [9.17, 15) is 4.79 Å². The maximum atomic E-state index is 12.3. The predicted molar refractivity (Wildman–Crippen MR) is 131 cm³/mol. The highest BCUT2D eigenvalue weighted by atomic mass is 79.9. The van der Waals surface area contributed by atoms with Gasteiger partial charge in [-0.2, -0.15) is 0 Å². The van der Waals surface area contributed by atoms with Crippen molar-refractivity contribution in [3.63, 3.8) is 0 Å². The molecule has 3 aromatic rings. The van der Waals surface area contributed by atoms with Gasteiger partial charge in [-0.05, 0) is 77.7 Å². The number of amides is 1. The zero-order valence-electron chi connectivity index (χ0n) is 17.6. The quantitative estimate of drug-likeness (QED) is 0.306. The maximum Gasteiger partial charge on any atom is 0.264 e. The number of unbranched alkanes of at least 4 members (excludes halogenated alkanes) is 1. The molecular formula is C23H24BrClN2O3S. The number of carbonyl (C=O) groups excluding carboxylic acids is 1. The number of hydrogen-bond acceptors (Lipinski definition) is 5. The molecular weight excluding hydrogens is 500 g/mol. The second kappa shape index (κ2) is 11.0. The van der Waals surface area contributed by atoms with Crippen LogP contribution in [0.2, 0.25) is 5.02 Å². The van der Waals surface area contributed by atoms with Crippen LogP contribution in [0.3, 0.4) is 0 Å². The number of thiazole rings is 1. The lowest BCUT2D eigenvalue weighted by Gasteiger charge is -2.12. The van der Waals surface area contributed by atoms with Crippen LogP contribution in [-0.2, 0) is 4.79 Å². The van der Waals surface area contributed by atoms with Gasteiger partial charge in [-0.25, -0.2) is 4.98 Å². The molecule has 5 nitrogen and oxygen atoms in total. The number of aromatic nitrogens is 1. The number of halogens is 2. The molecule has 1 aromatic heterocycles. The van der Waals surface area contributed by atoms with Crippen LogP contribution >= 0.6 is 38.9 Å². The average Bonchev–Trinajstić information content (AvgIpc) is 3.23. The molecule has 0 bridgehead atoms. The zero-order chi connectivity index (χ0) is 22.4. The number of benzene rings is 2. The van der Waals surface area contributed by atoms with E-state index in [2.05, 4.69) is 33.2 Å². The normalized spacial score (nSPS) is 10.7. The van der Waals surface area contributed by atoms with E-state index in [1.807, 2.05) is 49.6 Å². The molecule has 0 atom stereocenters. The Labute approximate surface area is 199 Å². The van der Waals surface area contributed by atoms with Crippen molar-refractivity contribution in [1.29, 1.82) is 0 Å². The second-order valence-corrected chi connectivity index (χ2v) is 9.07. The molecule has 0 radical (unpaired) electrons. The highest BCUT2D eigenvalue weighted by Crippen LogP contribution is 2.35. The second-order valence-electron chi connectivity index (χ2n) is 7.05. The van der Waals surface area contributed by atoms with Crippen molar-refractivity contribution in [1.82, 2.24) is 4.98 Å². The molecule has 2 aromatic carbocycles. The lowest BCUT2D eigenvalue weighted by atomic mass is 10.1. The third-order valence-corrected chi connectivity index (χ3v) is 6.92. The number of hydrogen-bond donors (Lipinski definition) is 1.